The van der Waals surface area contributed by atoms with Crippen molar-refractivity contribution in [3.05, 3.63) is 83.9 Å². The van der Waals surface area contributed by atoms with Crippen LogP contribution in [0.1, 0.15) is 50.2 Å². The van der Waals surface area contributed by atoms with Crippen molar-refractivity contribution in [1.29, 1.82) is 0 Å². The van der Waals surface area contributed by atoms with E-state index in [2.05, 4.69) is 19.1 Å². The van der Waals surface area contributed by atoms with Gasteiger partial charge in [-0.1, -0.05) is 79.7 Å². The number of carbonyl (C=O) groups excluding carboxylic acids is 1. The molecule has 2 nitrogen and oxygen atoms in total. The van der Waals surface area contributed by atoms with Gasteiger partial charge < -0.3 is 4.74 Å². The monoisotopic (exact) mass is 322 g/mol. The largest absolute Gasteiger partial charge is 0.462 e. The predicted octanol–water partition coefficient (Wildman–Crippen LogP) is 5.50. The normalized spacial score (nSPS) is 12.5. The topological polar surface area (TPSA) is 26.3 Å². The highest BCUT2D eigenvalue weighted by molar-refractivity contribution is 5.82. The van der Waals surface area contributed by atoms with Crippen molar-refractivity contribution < 1.29 is 9.53 Å². The molecule has 0 saturated heterocycles. The van der Waals surface area contributed by atoms with Gasteiger partial charge in [-0.05, 0) is 37.3 Å². The molecule has 1 unspecified atom stereocenters. The van der Waals surface area contributed by atoms with E-state index in [-0.39, 0.29) is 18.0 Å². The zero-order valence-electron chi connectivity index (χ0n) is 14.5. The van der Waals surface area contributed by atoms with Crippen LogP contribution in [0.5, 0.6) is 0 Å². The number of benzene rings is 2. The third-order valence-corrected chi connectivity index (χ3v) is 3.96. The first-order valence-corrected chi connectivity index (χ1v) is 8.67. The molecule has 1 atom stereocenters. The first-order chi connectivity index (χ1) is 11.7. The summed E-state index contributed by atoms with van der Waals surface area (Å²) < 4.78 is 5.73. The second kappa shape index (κ2) is 9.71. The van der Waals surface area contributed by atoms with Crippen molar-refractivity contribution in [2.45, 2.75) is 45.1 Å². The summed E-state index contributed by atoms with van der Waals surface area (Å²) in [6.45, 7) is 4.08. The van der Waals surface area contributed by atoms with Gasteiger partial charge in [0.2, 0.25) is 0 Å². The van der Waals surface area contributed by atoms with Crippen LogP contribution in [0.2, 0.25) is 0 Å². The van der Waals surface area contributed by atoms with E-state index in [0.717, 1.165) is 30.4 Å². The Kier molecular flexibility index (Phi) is 7.28. The molecule has 2 heteroatoms. The molecule has 0 bridgehead atoms. The van der Waals surface area contributed by atoms with Crippen LogP contribution in [0.15, 0.2) is 72.8 Å². The fraction of sp³-hybridized carbons (Fsp3) is 0.318. The molecule has 0 fully saturated rings. The number of esters is 1. The molecular weight excluding hydrogens is 296 g/mol. The second-order valence-electron chi connectivity index (χ2n) is 5.96. The first kappa shape index (κ1) is 18.0. The number of hydrogen-bond acceptors (Lipinski definition) is 2. The standard InChI is InChI=1S/C22H26O2/c1-3-4-5-8-13-18(2)24-22(23)21(19-14-9-6-10-15-19)20-16-11-7-12-17-20/h4-7,9-12,14-18,21H,3,8,13H2,1-2H3. The Morgan fingerprint density at radius 1 is 0.958 bits per heavy atom. The van der Waals surface area contributed by atoms with Gasteiger partial charge in [0.1, 0.15) is 5.92 Å². The molecule has 0 aliphatic carbocycles. The van der Waals surface area contributed by atoms with Crippen molar-refractivity contribution in [1.82, 2.24) is 0 Å². The fourth-order valence-corrected chi connectivity index (χ4v) is 2.70. The molecule has 0 N–H and O–H groups in total. The molecule has 0 spiro atoms. The van der Waals surface area contributed by atoms with Gasteiger partial charge in [0, 0.05) is 0 Å². The summed E-state index contributed by atoms with van der Waals surface area (Å²) in [6, 6.07) is 19.7. The highest BCUT2D eigenvalue weighted by Crippen LogP contribution is 2.26. The van der Waals surface area contributed by atoms with Gasteiger partial charge in [0.05, 0.1) is 6.10 Å². The lowest BCUT2D eigenvalue weighted by Gasteiger charge is -2.20. The third kappa shape index (κ3) is 5.38. The lowest BCUT2D eigenvalue weighted by Crippen LogP contribution is -2.22. The molecule has 0 saturated carbocycles. The van der Waals surface area contributed by atoms with E-state index in [0.29, 0.717) is 0 Å². The maximum Gasteiger partial charge on any atom is 0.318 e. The molecule has 2 aromatic carbocycles. The molecule has 0 aliphatic heterocycles. The maximum atomic E-state index is 12.8. The van der Waals surface area contributed by atoms with Gasteiger partial charge >= 0.3 is 5.97 Å². The van der Waals surface area contributed by atoms with Crippen molar-refractivity contribution in [3.8, 4) is 0 Å². The fourth-order valence-electron chi connectivity index (χ4n) is 2.70. The number of ether oxygens (including phenoxy) is 1. The van der Waals surface area contributed by atoms with E-state index >= 15 is 0 Å². The van der Waals surface area contributed by atoms with Crippen LogP contribution in [0, 0.1) is 0 Å². The average molecular weight is 322 g/mol. The zero-order chi connectivity index (χ0) is 17.2. The van der Waals surface area contributed by atoms with Gasteiger partial charge in [-0.15, -0.1) is 0 Å². The van der Waals surface area contributed by atoms with E-state index in [1.807, 2.05) is 67.6 Å². The Morgan fingerprint density at radius 2 is 1.50 bits per heavy atom. The van der Waals surface area contributed by atoms with Crippen molar-refractivity contribution in [2.75, 3.05) is 0 Å². The smallest absolute Gasteiger partial charge is 0.318 e. The molecule has 0 heterocycles. The van der Waals surface area contributed by atoms with Crippen LogP contribution >= 0.6 is 0 Å². The molecule has 0 aliphatic rings. The van der Waals surface area contributed by atoms with Crippen molar-refractivity contribution in [2.24, 2.45) is 0 Å². The van der Waals surface area contributed by atoms with Gasteiger partial charge in [0.25, 0.3) is 0 Å². The number of allylic oxidation sites excluding steroid dienone is 2. The van der Waals surface area contributed by atoms with Crippen LogP contribution < -0.4 is 0 Å². The molecule has 2 rings (SSSR count). The Labute approximate surface area is 145 Å². The minimum absolute atomic E-state index is 0.0890. The summed E-state index contributed by atoms with van der Waals surface area (Å²) in [7, 11) is 0. The third-order valence-electron chi connectivity index (χ3n) is 3.96. The molecule has 126 valence electrons. The second-order valence-corrected chi connectivity index (χ2v) is 5.96. The van der Waals surface area contributed by atoms with Crippen LogP contribution in [-0.4, -0.2) is 12.1 Å². The quantitative estimate of drug-likeness (QED) is 0.474. The van der Waals surface area contributed by atoms with Gasteiger partial charge in [-0.3, -0.25) is 4.79 Å². The van der Waals surface area contributed by atoms with E-state index < -0.39 is 0 Å². The Bertz CT molecular complexity index is 592. The minimum atomic E-state index is -0.374. The van der Waals surface area contributed by atoms with Crippen LogP contribution in [-0.2, 0) is 9.53 Å². The van der Waals surface area contributed by atoms with Gasteiger partial charge in [0.15, 0.2) is 0 Å². The highest BCUT2D eigenvalue weighted by Gasteiger charge is 2.25. The van der Waals surface area contributed by atoms with Gasteiger partial charge in [-0.25, -0.2) is 0 Å². The summed E-state index contributed by atoms with van der Waals surface area (Å²) >= 11 is 0. The molecule has 0 radical (unpaired) electrons. The Balaban J connectivity index is 2.10. The summed E-state index contributed by atoms with van der Waals surface area (Å²) in [6.07, 6.45) is 7.02. The minimum Gasteiger partial charge on any atom is -0.462 e. The van der Waals surface area contributed by atoms with Crippen LogP contribution in [0.4, 0.5) is 0 Å². The number of rotatable bonds is 8. The zero-order valence-corrected chi connectivity index (χ0v) is 14.5. The lowest BCUT2D eigenvalue weighted by molar-refractivity contribution is -0.149. The first-order valence-electron chi connectivity index (χ1n) is 8.67. The van der Waals surface area contributed by atoms with Gasteiger partial charge in [-0.2, -0.15) is 0 Å². The van der Waals surface area contributed by atoms with E-state index in [4.69, 9.17) is 4.74 Å². The molecule has 2 aromatic rings. The average Bonchev–Trinajstić information content (AvgIpc) is 2.61. The highest BCUT2D eigenvalue weighted by atomic mass is 16.5. The van der Waals surface area contributed by atoms with E-state index in [1.165, 1.54) is 0 Å². The van der Waals surface area contributed by atoms with Crippen molar-refractivity contribution in [3.63, 3.8) is 0 Å². The molecule has 0 amide bonds. The summed E-state index contributed by atoms with van der Waals surface area (Å²) in [5, 5.41) is 0. The molecule has 0 aromatic heterocycles. The van der Waals surface area contributed by atoms with E-state index in [1.54, 1.807) is 0 Å². The Hall–Kier alpha value is -2.35. The predicted molar refractivity (Wildman–Crippen MR) is 98.9 cm³/mol. The maximum absolute atomic E-state index is 12.8. The van der Waals surface area contributed by atoms with Crippen LogP contribution in [0.3, 0.4) is 0 Å². The SMILES string of the molecule is CCC=CCCC(C)OC(=O)C(c1ccccc1)c1ccccc1. The Morgan fingerprint density at radius 3 is 2.00 bits per heavy atom. The summed E-state index contributed by atoms with van der Waals surface area (Å²) in [5.41, 5.74) is 1.93. The molecular formula is C22H26O2. The summed E-state index contributed by atoms with van der Waals surface area (Å²) in [4.78, 5) is 12.8. The molecule has 24 heavy (non-hydrogen) atoms. The lowest BCUT2D eigenvalue weighted by atomic mass is 9.91. The number of carbonyl (C=O) groups is 1. The van der Waals surface area contributed by atoms with E-state index in [9.17, 15) is 4.79 Å². The van der Waals surface area contributed by atoms with Crippen molar-refractivity contribution >= 4 is 5.97 Å². The number of hydrogen-bond donors (Lipinski definition) is 0. The summed E-state index contributed by atoms with van der Waals surface area (Å²) in [5.74, 6) is -0.555. The van der Waals surface area contributed by atoms with Crippen LogP contribution in [0.25, 0.3) is 0 Å².